The Balaban J connectivity index is 2.13. The fourth-order valence-corrected chi connectivity index (χ4v) is 2.92. The highest BCUT2D eigenvalue weighted by Gasteiger charge is 2.19. The minimum absolute atomic E-state index is 0.0485. The first-order chi connectivity index (χ1) is 12.1. The third-order valence-corrected chi connectivity index (χ3v) is 4.97. The quantitative estimate of drug-likeness (QED) is 0.523. The molecular formula is C16H12Cl3FN2O4. The highest BCUT2D eigenvalue weighted by molar-refractivity contribution is 6.42. The van der Waals surface area contributed by atoms with Gasteiger partial charge in [0, 0.05) is 16.8 Å². The van der Waals surface area contributed by atoms with Crippen molar-refractivity contribution >= 4 is 52.1 Å². The van der Waals surface area contributed by atoms with Crippen LogP contribution in [0.4, 0.5) is 15.8 Å². The van der Waals surface area contributed by atoms with Gasteiger partial charge in [0.15, 0.2) is 12.4 Å². The van der Waals surface area contributed by atoms with E-state index < -0.39 is 28.9 Å². The molecule has 0 aliphatic heterocycles. The lowest BCUT2D eigenvalue weighted by Gasteiger charge is -2.15. The second kappa shape index (κ2) is 8.07. The van der Waals surface area contributed by atoms with E-state index in [4.69, 9.17) is 39.5 Å². The Morgan fingerprint density at radius 1 is 1.19 bits per heavy atom. The van der Waals surface area contributed by atoms with Crippen LogP contribution < -0.4 is 10.1 Å². The minimum atomic E-state index is -1.00. The molecule has 0 bridgehead atoms. The van der Waals surface area contributed by atoms with Crippen molar-refractivity contribution in [3.63, 3.8) is 0 Å². The molecule has 26 heavy (non-hydrogen) atoms. The predicted molar refractivity (Wildman–Crippen MR) is 98.1 cm³/mol. The van der Waals surface area contributed by atoms with Gasteiger partial charge in [-0.3, -0.25) is 14.9 Å². The number of nitro benzene ring substituents is 1. The Morgan fingerprint density at radius 2 is 1.77 bits per heavy atom. The maximum atomic E-state index is 13.3. The fraction of sp³-hybridized carbons (Fsp3) is 0.188. The van der Waals surface area contributed by atoms with E-state index in [1.54, 1.807) is 13.8 Å². The Kier molecular flexibility index (Phi) is 6.28. The summed E-state index contributed by atoms with van der Waals surface area (Å²) in [6.07, 6.45) is 0. The number of halogens is 4. The molecule has 0 saturated carbocycles. The van der Waals surface area contributed by atoms with Gasteiger partial charge in [-0.05, 0) is 37.1 Å². The van der Waals surface area contributed by atoms with Crippen LogP contribution in [0.1, 0.15) is 11.1 Å². The zero-order valence-corrected chi connectivity index (χ0v) is 15.8. The highest BCUT2D eigenvalue weighted by Crippen LogP contribution is 2.42. The maximum absolute atomic E-state index is 13.3. The van der Waals surface area contributed by atoms with Crippen LogP contribution in [-0.2, 0) is 4.79 Å². The molecule has 0 radical (unpaired) electrons. The number of ether oxygens (including phenoxy) is 1. The van der Waals surface area contributed by atoms with Crippen molar-refractivity contribution in [3.8, 4) is 5.75 Å². The second-order valence-corrected chi connectivity index (χ2v) is 6.42. The summed E-state index contributed by atoms with van der Waals surface area (Å²) in [6.45, 7) is 2.89. The van der Waals surface area contributed by atoms with E-state index in [2.05, 4.69) is 5.32 Å². The summed E-state index contributed by atoms with van der Waals surface area (Å²) in [6, 6.07) is 2.98. The van der Waals surface area contributed by atoms with Gasteiger partial charge in [-0.1, -0.05) is 34.8 Å². The van der Waals surface area contributed by atoms with Crippen molar-refractivity contribution in [1.29, 1.82) is 0 Å². The fourth-order valence-electron chi connectivity index (χ4n) is 2.10. The molecule has 2 aromatic carbocycles. The van der Waals surface area contributed by atoms with Gasteiger partial charge in [0.2, 0.25) is 5.82 Å². The largest absolute Gasteiger partial charge is 0.481 e. The summed E-state index contributed by atoms with van der Waals surface area (Å²) in [5.41, 5.74) is 0.408. The highest BCUT2D eigenvalue weighted by atomic mass is 35.5. The van der Waals surface area contributed by atoms with Crippen LogP contribution >= 0.6 is 34.8 Å². The molecule has 10 heteroatoms. The third-order valence-electron chi connectivity index (χ3n) is 3.49. The number of amides is 1. The monoisotopic (exact) mass is 420 g/mol. The van der Waals surface area contributed by atoms with E-state index >= 15 is 0 Å². The van der Waals surface area contributed by atoms with E-state index in [9.17, 15) is 19.3 Å². The van der Waals surface area contributed by atoms with E-state index in [1.807, 2.05) is 0 Å². The Hall–Kier alpha value is -2.09. The van der Waals surface area contributed by atoms with Gasteiger partial charge < -0.3 is 10.1 Å². The lowest BCUT2D eigenvalue weighted by atomic mass is 10.1. The normalized spacial score (nSPS) is 10.5. The smallest absolute Gasteiger partial charge is 0.306 e. The van der Waals surface area contributed by atoms with Gasteiger partial charge in [-0.2, -0.15) is 4.39 Å². The molecule has 0 saturated heterocycles. The summed E-state index contributed by atoms with van der Waals surface area (Å²) < 4.78 is 18.7. The number of anilines is 1. The van der Waals surface area contributed by atoms with Crippen LogP contribution in [-0.4, -0.2) is 17.4 Å². The summed E-state index contributed by atoms with van der Waals surface area (Å²) in [4.78, 5) is 21.8. The van der Waals surface area contributed by atoms with Crippen molar-refractivity contribution in [2.45, 2.75) is 13.8 Å². The Bertz CT molecular complexity index is 877. The summed E-state index contributed by atoms with van der Waals surface area (Å²) in [5, 5.41) is 13.8. The molecule has 6 nitrogen and oxygen atoms in total. The number of hydrogen-bond donors (Lipinski definition) is 1. The molecule has 0 atom stereocenters. The molecular weight excluding hydrogens is 410 g/mol. The van der Waals surface area contributed by atoms with Gasteiger partial charge in [0.1, 0.15) is 0 Å². The number of nitrogens with one attached hydrogen (secondary N) is 1. The standard InChI is InChI=1S/C16H12Cl3FN2O4/c1-7-13(17)8(2)15(19)16(14(7)18)26-6-12(23)21-9-3-4-10(20)11(5-9)22(24)25/h3-5H,6H2,1-2H3,(H,21,23). The number of nitro groups is 1. The topological polar surface area (TPSA) is 81.5 Å². The van der Waals surface area contributed by atoms with Gasteiger partial charge in [0.05, 0.1) is 15.0 Å². The summed E-state index contributed by atoms with van der Waals surface area (Å²) in [5.74, 6) is -1.54. The van der Waals surface area contributed by atoms with Crippen molar-refractivity contribution < 1.29 is 18.8 Å². The number of carbonyl (C=O) groups is 1. The number of benzene rings is 2. The number of hydrogen-bond acceptors (Lipinski definition) is 4. The first-order valence-corrected chi connectivity index (χ1v) is 8.27. The van der Waals surface area contributed by atoms with Gasteiger partial charge in [0.25, 0.3) is 5.91 Å². The Morgan fingerprint density at radius 3 is 2.31 bits per heavy atom. The molecule has 0 aliphatic carbocycles. The maximum Gasteiger partial charge on any atom is 0.306 e. The van der Waals surface area contributed by atoms with E-state index in [1.165, 1.54) is 6.07 Å². The molecule has 138 valence electrons. The van der Waals surface area contributed by atoms with Crippen molar-refractivity contribution in [2.24, 2.45) is 0 Å². The molecule has 0 aromatic heterocycles. The molecule has 2 aromatic rings. The van der Waals surface area contributed by atoms with Crippen molar-refractivity contribution in [3.05, 3.63) is 60.3 Å². The minimum Gasteiger partial charge on any atom is -0.481 e. The number of nitrogens with zero attached hydrogens (tertiary/aromatic N) is 1. The Labute approximate surface area is 163 Å². The molecule has 2 rings (SSSR count). The SMILES string of the molecule is Cc1c(Cl)c(C)c(Cl)c(OCC(=O)Nc2ccc(F)c([N+](=O)[O-])c2)c1Cl. The van der Waals surface area contributed by atoms with Crippen LogP contribution in [0, 0.1) is 29.8 Å². The van der Waals surface area contributed by atoms with Gasteiger partial charge >= 0.3 is 5.69 Å². The zero-order chi connectivity index (χ0) is 19.6. The van der Waals surface area contributed by atoms with Crippen molar-refractivity contribution in [1.82, 2.24) is 0 Å². The van der Waals surface area contributed by atoms with Crippen LogP contribution in [0.3, 0.4) is 0 Å². The van der Waals surface area contributed by atoms with Crippen molar-refractivity contribution in [2.75, 3.05) is 11.9 Å². The summed E-state index contributed by atoms with van der Waals surface area (Å²) in [7, 11) is 0. The second-order valence-electron chi connectivity index (χ2n) is 5.28. The molecule has 1 N–H and O–H groups in total. The zero-order valence-electron chi connectivity index (χ0n) is 13.5. The van der Waals surface area contributed by atoms with Crippen LogP contribution in [0.25, 0.3) is 0 Å². The molecule has 1 amide bonds. The third kappa shape index (κ3) is 4.17. The molecule has 0 spiro atoms. The first-order valence-electron chi connectivity index (χ1n) is 7.13. The molecule has 0 heterocycles. The van der Waals surface area contributed by atoms with Gasteiger partial charge in [-0.25, -0.2) is 0 Å². The number of rotatable bonds is 5. The van der Waals surface area contributed by atoms with Crippen LogP contribution in [0.5, 0.6) is 5.75 Å². The first kappa shape index (κ1) is 20.2. The lowest BCUT2D eigenvalue weighted by Crippen LogP contribution is -2.20. The van der Waals surface area contributed by atoms with Crippen LogP contribution in [0.15, 0.2) is 18.2 Å². The summed E-state index contributed by atoms with van der Waals surface area (Å²) >= 11 is 18.4. The van der Waals surface area contributed by atoms with E-state index in [0.29, 0.717) is 16.1 Å². The average molecular weight is 422 g/mol. The average Bonchev–Trinajstić information content (AvgIpc) is 2.59. The van der Waals surface area contributed by atoms with E-state index in [-0.39, 0.29) is 21.5 Å². The predicted octanol–water partition coefficient (Wildman–Crippen LogP) is 5.33. The lowest BCUT2D eigenvalue weighted by molar-refractivity contribution is -0.387. The molecule has 0 unspecified atom stereocenters. The van der Waals surface area contributed by atoms with E-state index in [0.717, 1.165) is 12.1 Å². The van der Waals surface area contributed by atoms with Gasteiger partial charge in [-0.15, -0.1) is 0 Å². The molecule has 0 fully saturated rings. The molecule has 0 aliphatic rings. The number of carbonyl (C=O) groups excluding carboxylic acids is 1. The van der Waals surface area contributed by atoms with Crippen LogP contribution in [0.2, 0.25) is 15.1 Å².